The van der Waals surface area contributed by atoms with E-state index >= 15 is 0 Å². The van der Waals surface area contributed by atoms with Gasteiger partial charge in [-0.1, -0.05) is 77.6 Å². The topological polar surface area (TPSA) is 35.5 Å². The van der Waals surface area contributed by atoms with E-state index in [1.165, 1.54) is 110 Å². The summed E-state index contributed by atoms with van der Waals surface area (Å²) in [5, 5.41) is 1.38. The third-order valence-corrected chi connectivity index (χ3v) is 8.33. The van der Waals surface area contributed by atoms with E-state index in [4.69, 9.17) is 9.47 Å². The fourth-order valence-electron chi connectivity index (χ4n) is 5.11. The number of carbonyl (C=O) groups excluding carboxylic acids is 1. The fourth-order valence-corrected chi connectivity index (χ4v) is 6.44. The highest BCUT2D eigenvalue weighted by molar-refractivity contribution is 7.19. The zero-order valence-corrected chi connectivity index (χ0v) is 22.5. The van der Waals surface area contributed by atoms with E-state index in [0.717, 1.165) is 25.0 Å². The molecule has 0 saturated carbocycles. The number of thiophene rings is 1. The minimum atomic E-state index is -0.505. The van der Waals surface area contributed by atoms with Crippen molar-refractivity contribution in [2.24, 2.45) is 0 Å². The van der Waals surface area contributed by atoms with Crippen molar-refractivity contribution in [2.45, 2.75) is 129 Å². The van der Waals surface area contributed by atoms with E-state index in [1.54, 1.807) is 0 Å². The molecule has 0 N–H and O–H groups in total. The Balaban J connectivity index is 1.40. The molecular weight excluding hydrogens is 440 g/mol. The van der Waals surface area contributed by atoms with E-state index in [-0.39, 0.29) is 5.97 Å². The number of benzene rings is 1. The van der Waals surface area contributed by atoms with Crippen molar-refractivity contribution in [2.75, 3.05) is 6.61 Å². The second-order valence-corrected chi connectivity index (χ2v) is 11.0. The van der Waals surface area contributed by atoms with Crippen molar-refractivity contribution in [1.29, 1.82) is 0 Å². The zero-order chi connectivity index (χ0) is 24.0. The molecule has 1 aliphatic carbocycles. The molecule has 3 rings (SSSR count). The first-order valence-corrected chi connectivity index (χ1v) is 14.9. The molecule has 190 valence electrons. The molecule has 2 aromatic rings. The number of esters is 1. The van der Waals surface area contributed by atoms with Crippen molar-refractivity contribution >= 4 is 27.4 Å². The highest BCUT2D eigenvalue weighted by Crippen LogP contribution is 2.38. The van der Waals surface area contributed by atoms with E-state index in [2.05, 4.69) is 19.1 Å². The lowest BCUT2D eigenvalue weighted by Gasteiger charge is -2.18. The molecule has 0 bridgehead atoms. The number of fused-ring (bicyclic) bond motifs is 3. The van der Waals surface area contributed by atoms with Crippen molar-refractivity contribution in [1.82, 2.24) is 0 Å². The van der Waals surface area contributed by atoms with E-state index < -0.39 is 6.10 Å². The van der Waals surface area contributed by atoms with Gasteiger partial charge in [0.1, 0.15) is 5.75 Å². The van der Waals surface area contributed by atoms with Gasteiger partial charge in [-0.25, -0.2) is 4.79 Å². The summed E-state index contributed by atoms with van der Waals surface area (Å²) in [7, 11) is 0. The molecular formula is C30H46O3S. The summed E-state index contributed by atoms with van der Waals surface area (Å²) in [6.07, 6.45) is 21.0. The average Bonchev–Trinajstić information content (AvgIpc) is 3.22. The molecule has 1 heterocycles. The van der Waals surface area contributed by atoms with Crippen molar-refractivity contribution in [3.05, 3.63) is 28.6 Å². The number of carbonyl (C=O) groups is 1. The molecule has 1 unspecified atom stereocenters. The van der Waals surface area contributed by atoms with Gasteiger partial charge in [0.25, 0.3) is 0 Å². The predicted molar refractivity (Wildman–Crippen MR) is 145 cm³/mol. The van der Waals surface area contributed by atoms with Crippen LogP contribution in [0.15, 0.2) is 18.2 Å². The average molecular weight is 487 g/mol. The summed E-state index contributed by atoms with van der Waals surface area (Å²) in [5.41, 5.74) is 1.54. The summed E-state index contributed by atoms with van der Waals surface area (Å²) in [6.45, 7) is 4.53. The molecule has 1 aromatic carbocycles. The van der Waals surface area contributed by atoms with E-state index in [1.807, 2.05) is 24.3 Å². The van der Waals surface area contributed by atoms with Crippen LogP contribution in [0.3, 0.4) is 0 Å². The summed E-state index contributed by atoms with van der Waals surface area (Å²) in [5.74, 6) is 0.569. The maximum absolute atomic E-state index is 12.6. The fraction of sp³-hybridized carbons (Fsp3) is 0.700. The Hall–Kier alpha value is -1.55. The second kappa shape index (κ2) is 15.4. The molecule has 3 nitrogen and oxygen atoms in total. The lowest BCUT2D eigenvalue weighted by Crippen LogP contribution is -2.29. The van der Waals surface area contributed by atoms with Crippen LogP contribution < -0.4 is 4.74 Å². The molecule has 0 fully saturated rings. The van der Waals surface area contributed by atoms with Crippen LogP contribution in [0.1, 0.15) is 121 Å². The van der Waals surface area contributed by atoms with Gasteiger partial charge in [0, 0.05) is 9.58 Å². The van der Waals surface area contributed by atoms with E-state index in [0.29, 0.717) is 6.61 Å². The molecule has 34 heavy (non-hydrogen) atoms. The van der Waals surface area contributed by atoms with Gasteiger partial charge in [-0.3, -0.25) is 0 Å². The Kier molecular flexibility index (Phi) is 12.3. The third-order valence-electron chi connectivity index (χ3n) is 7.08. The highest BCUT2D eigenvalue weighted by Gasteiger charge is 2.22. The number of aryl methyl sites for hydroxylation is 2. The van der Waals surface area contributed by atoms with Crippen LogP contribution >= 0.6 is 11.3 Å². The minimum Gasteiger partial charge on any atom is -0.479 e. The first-order valence-electron chi connectivity index (χ1n) is 14.1. The van der Waals surface area contributed by atoms with Crippen molar-refractivity contribution in [3.8, 4) is 5.75 Å². The molecule has 0 aliphatic heterocycles. The number of hydrogen-bond donors (Lipinski definition) is 0. The number of hydrogen-bond acceptors (Lipinski definition) is 4. The third kappa shape index (κ3) is 8.59. The van der Waals surface area contributed by atoms with Gasteiger partial charge in [-0.15, -0.1) is 11.3 Å². The maximum Gasteiger partial charge on any atom is 0.347 e. The summed E-state index contributed by atoms with van der Waals surface area (Å²) in [6, 6.07) is 6.36. The minimum absolute atomic E-state index is 0.226. The van der Waals surface area contributed by atoms with Crippen LogP contribution in [-0.2, 0) is 22.4 Å². The number of unbranched alkanes of at least 4 members (excludes halogenated alkanes) is 11. The van der Waals surface area contributed by atoms with Gasteiger partial charge in [0.05, 0.1) is 6.61 Å². The summed E-state index contributed by atoms with van der Waals surface area (Å²) in [4.78, 5) is 14.1. The van der Waals surface area contributed by atoms with Gasteiger partial charge in [-0.05, 0) is 74.6 Å². The normalized spacial score (nSPS) is 14.2. The van der Waals surface area contributed by atoms with Crippen LogP contribution in [0.5, 0.6) is 5.75 Å². The standard InChI is InChI=1S/C30H46O3S/c1-3-5-6-7-8-9-10-11-12-13-14-15-19-27(30(31)32-4-2)33-24-21-22-26-25-18-16-17-20-28(25)34-29(26)23-24/h21-23,27H,3-20H2,1-2H3. The van der Waals surface area contributed by atoms with Crippen molar-refractivity contribution in [3.63, 3.8) is 0 Å². The van der Waals surface area contributed by atoms with Gasteiger partial charge in [0.15, 0.2) is 6.10 Å². The van der Waals surface area contributed by atoms with Crippen LogP contribution in [0.4, 0.5) is 0 Å². The van der Waals surface area contributed by atoms with Gasteiger partial charge < -0.3 is 9.47 Å². The summed E-state index contributed by atoms with van der Waals surface area (Å²) < 4.78 is 12.8. The largest absolute Gasteiger partial charge is 0.479 e. The Morgan fingerprint density at radius 1 is 0.882 bits per heavy atom. The lowest BCUT2D eigenvalue weighted by molar-refractivity contribution is -0.151. The van der Waals surface area contributed by atoms with Gasteiger partial charge in [0.2, 0.25) is 0 Å². The first kappa shape index (κ1) is 27.0. The molecule has 1 aromatic heterocycles. The quantitative estimate of drug-likeness (QED) is 0.165. The molecule has 0 amide bonds. The summed E-state index contributed by atoms with van der Waals surface area (Å²) >= 11 is 1.90. The monoisotopic (exact) mass is 486 g/mol. The van der Waals surface area contributed by atoms with Crippen LogP contribution in [0.25, 0.3) is 10.1 Å². The maximum atomic E-state index is 12.6. The predicted octanol–water partition coefficient (Wildman–Crippen LogP) is 9.18. The van der Waals surface area contributed by atoms with Gasteiger partial charge >= 0.3 is 5.97 Å². The lowest BCUT2D eigenvalue weighted by atomic mass is 9.96. The molecule has 0 spiro atoms. The molecule has 4 heteroatoms. The molecule has 0 saturated heterocycles. The SMILES string of the molecule is CCCCCCCCCCCCCCC(Oc1ccc2c3c(sc2c1)CCCC3)C(=O)OCC. The van der Waals surface area contributed by atoms with Gasteiger partial charge in [-0.2, -0.15) is 0 Å². The highest BCUT2D eigenvalue weighted by atomic mass is 32.1. The molecule has 0 radical (unpaired) electrons. The Morgan fingerprint density at radius 2 is 1.53 bits per heavy atom. The number of rotatable bonds is 17. The van der Waals surface area contributed by atoms with Crippen molar-refractivity contribution < 1.29 is 14.3 Å². The van der Waals surface area contributed by atoms with Crippen LogP contribution in [0, 0.1) is 0 Å². The van der Waals surface area contributed by atoms with Crippen LogP contribution in [-0.4, -0.2) is 18.7 Å². The molecule has 1 aliphatic rings. The first-order chi connectivity index (χ1) is 16.7. The Bertz CT molecular complexity index is 856. The molecule has 1 atom stereocenters. The van der Waals surface area contributed by atoms with E-state index in [9.17, 15) is 4.79 Å². The number of ether oxygens (including phenoxy) is 2. The Labute approximate surface area is 211 Å². The zero-order valence-electron chi connectivity index (χ0n) is 21.7. The second-order valence-electron chi connectivity index (χ2n) is 9.91. The Morgan fingerprint density at radius 3 is 2.21 bits per heavy atom. The van der Waals surface area contributed by atoms with Crippen LogP contribution in [0.2, 0.25) is 0 Å². The smallest absolute Gasteiger partial charge is 0.347 e.